The molecule has 0 aliphatic carbocycles. The standard InChI is InChI=1S/C13H14N2O5/c1-7-2-4-8(5-3-7)14-15-10-11(18)12(9(17)6-16)20-13(10)19/h2-5,9,12,16-18H,6H2,1H3/t9-,12?/m0/s1. The van der Waals surface area contributed by atoms with Gasteiger partial charge in [0.1, 0.15) is 6.10 Å². The van der Waals surface area contributed by atoms with Crippen molar-refractivity contribution in [2.75, 3.05) is 6.61 Å². The second-order valence-corrected chi connectivity index (χ2v) is 4.35. The Morgan fingerprint density at radius 3 is 2.55 bits per heavy atom. The number of carbonyl (C=O) groups is 1. The van der Waals surface area contributed by atoms with Gasteiger partial charge in [-0.25, -0.2) is 4.79 Å². The van der Waals surface area contributed by atoms with E-state index in [1.165, 1.54) is 0 Å². The lowest BCUT2D eigenvalue weighted by molar-refractivity contribution is -0.145. The van der Waals surface area contributed by atoms with Crippen molar-refractivity contribution in [1.82, 2.24) is 0 Å². The van der Waals surface area contributed by atoms with E-state index in [0.717, 1.165) is 5.56 Å². The molecule has 1 aromatic carbocycles. The van der Waals surface area contributed by atoms with Gasteiger partial charge in [0, 0.05) is 0 Å². The Hall–Kier alpha value is -2.25. The molecule has 1 aliphatic rings. The number of benzene rings is 1. The fourth-order valence-corrected chi connectivity index (χ4v) is 1.63. The molecule has 0 saturated carbocycles. The van der Waals surface area contributed by atoms with Crippen LogP contribution >= 0.6 is 0 Å². The first kappa shape index (κ1) is 14.2. The zero-order valence-electron chi connectivity index (χ0n) is 10.7. The van der Waals surface area contributed by atoms with Crippen LogP contribution in [-0.2, 0) is 9.53 Å². The third kappa shape index (κ3) is 2.84. The van der Waals surface area contributed by atoms with E-state index in [4.69, 9.17) is 9.84 Å². The Balaban J connectivity index is 2.21. The molecule has 7 heteroatoms. The van der Waals surface area contributed by atoms with Gasteiger partial charge in [-0.2, -0.15) is 5.11 Å². The summed E-state index contributed by atoms with van der Waals surface area (Å²) in [6.07, 6.45) is -2.70. The normalized spacial score (nSPS) is 20.6. The minimum Gasteiger partial charge on any atom is -0.506 e. The maximum Gasteiger partial charge on any atom is 0.363 e. The molecule has 0 radical (unpaired) electrons. The van der Waals surface area contributed by atoms with E-state index in [1.807, 2.05) is 19.1 Å². The van der Waals surface area contributed by atoms with Crippen LogP contribution < -0.4 is 0 Å². The largest absolute Gasteiger partial charge is 0.506 e. The molecule has 0 spiro atoms. The van der Waals surface area contributed by atoms with E-state index < -0.39 is 30.5 Å². The lowest BCUT2D eigenvalue weighted by Gasteiger charge is -2.14. The van der Waals surface area contributed by atoms with Crippen molar-refractivity contribution in [3.05, 3.63) is 41.3 Å². The number of aryl methyl sites for hydroxylation is 1. The van der Waals surface area contributed by atoms with Crippen LogP contribution in [0, 0.1) is 6.92 Å². The van der Waals surface area contributed by atoms with Gasteiger partial charge in [0.25, 0.3) is 0 Å². The highest BCUT2D eigenvalue weighted by Crippen LogP contribution is 2.25. The zero-order chi connectivity index (χ0) is 14.7. The van der Waals surface area contributed by atoms with Crippen LogP contribution in [0.4, 0.5) is 5.69 Å². The summed E-state index contributed by atoms with van der Waals surface area (Å²) in [5.41, 5.74) is 1.19. The molecular formula is C13H14N2O5. The van der Waals surface area contributed by atoms with Crippen LogP contribution in [0.25, 0.3) is 0 Å². The lowest BCUT2D eigenvalue weighted by atomic mass is 10.2. The van der Waals surface area contributed by atoms with Crippen molar-refractivity contribution in [1.29, 1.82) is 0 Å². The van der Waals surface area contributed by atoms with Crippen molar-refractivity contribution < 1.29 is 24.9 Å². The number of rotatable bonds is 4. The van der Waals surface area contributed by atoms with Gasteiger partial charge in [0.15, 0.2) is 11.9 Å². The first-order valence-electron chi connectivity index (χ1n) is 5.94. The van der Waals surface area contributed by atoms with Crippen LogP contribution in [0.2, 0.25) is 0 Å². The van der Waals surface area contributed by atoms with Gasteiger partial charge in [0.05, 0.1) is 12.3 Å². The van der Waals surface area contributed by atoms with Crippen molar-refractivity contribution >= 4 is 11.7 Å². The summed E-state index contributed by atoms with van der Waals surface area (Å²) in [4.78, 5) is 11.5. The monoisotopic (exact) mass is 278 g/mol. The molecule has 1 aromatic rings. The number of carbonyl (C=O) groups excluding carboxylic acids is 1. The van der Waals surface area contributed by atoms with E-state index in [9.17, 15) is 15.0 Å². The van der Waals surface area contributed by atoms with Crippen molar-refractivity contribution in [2.45, 2.75) is 19.1 Å². The quantitative estimate of drug-likeness (QED) is 0.564. The first-order valence-corrected chi connectivity index (χ1v) is 5.94. The molecule has 0 aromatic heterocycles. The second-order valence-electron chi connectivity index (χ2n) is 4.35. The Morgan fingerprint density at radius 1 is 1.30 bits per heavy atom. The molecule has 20 heavy (non-hydrogen) atoms. The number of aliphatic hydroxyl groups excluding tert-OH is 3. The number of cyclic esters (lactones) is 1. The molecule has 7 nitrogen and oxygen atoms in total. The molecule has 2 atom stereocenters. The van der Waals surface area contributed by atoms with Gasteiger partial charge in [-0.05, 0) is 19.1 Å². The highest BCUT2D eigenvalue weighted by molar-refractivity contribution is 5.91. The lowest BCUT2D eigenvalue weighted by Crippen LogP contribution is -2.31. The maximum absolute atomic E-state index is 11.5. The zero-order valence-corrected chi connectivity index (χ0v) is 10.7. The third-order valence-electron chi connectivity index (χ3n) is 2.78. The molecule has 1 unspecified atom stereocenters. The molecule has 2 rings (SSSR count). The summed E-state index contributed by atoms with van der Waals surface area (Å²) in [5.74, 6) is -1.43. The van der Waals surface area contributed by atoms with E-state index in [1.54, 1.807) is 12.1 Å². The van der Waals surface area contributed by atoms with Gasteiger partial charge in [0.2, 0.25) is 5.70 Å². The number of azo groups is 1. The molecular weight excluding hydrogens is 264 g/mol. The Bertz CT molecular complexity index is 565. The van der Waals surface area contributed by atoms with E-state index in [2.05, 4.69) is 10.2 Å². The highest BCUT2D eigenvalue weighted by Gasteiger charge is 2.39. The summed E-state index contributed by atoms with van der Waals surface area (Å²) >= 11 is 0. The summed E-state index contributed by atoms with van der Waals surface area (Å²) in [5, 5.41) is 35.4. The van der Waals surface area contributed by atoms with Crippen LogP contribution in [0.1, 0.15) is 5.56 Å². The number of hydrogen-bond donors (Lipinski definition) is 3. The Morgan fingerprint density at radius 2 is 1.95 bits per heavy atom. The number of aliphatic hydroxyl groups is 3. The van der Waals surface area contributed by atoms with Crippen LogP contribution in [0.15, 0.2) is 46.0 Å². The van der Waals surface area contributed by atoms with Gasteiger partial charge in [-0.1, -0.05) is 17.7 Å². The average molecular weight is 278 g/mol. The SMILES string of the molecule is Cc1ccc(N=NC2=C(O)C([C@@H](O)CO)OC2=O)cc1. The smallest absolute Gasteiger partial charge is 0.363 e. The predicted octanol–water partition coefficient (Wildman–Crippen LogP) is 1.13. The van der Waals surface area contributed by atoms with Crippen molar-refractivity contribution in [3.8, 4) is 0 Å². The van der Waals surface area contributed by atoms with Gasteiger partial charge >= 0.3 is 5.97 Å². The molecule has 106 valence electrons. The molecule has 3 N–H and O–H groups in total. The summed E-state index contributed by atoms with van der Waals surface area (Å²) in [6, 6.07) is 7.06. The fraction of sp³-hybridized carbons (Fsp3) is 0.308. The first-order chi connectivity index (χ1) is 9.52. The van der Waals surface area contributed by atoms with Gasteiger partial charge in [-0.15, -0.1) is 5.11 Å². The van der Waals surface area contributed by atoms with Crippen LogP contribution in [0.3, 0.4) is 0 Å². The number of hydrogen-bond acceptors (Lipinski definition) is 7. The minimum atomic E-state index is -1.40. The Kier molecular flexibility index (Phi) is 4.11. The van der Waals surface area contributed by atoms with Gasteiger partial charge in [-0.3, -0.25) is 0 Å². The average Bonchev–Trinajstić information content (AvgIpc) is 2.73. The topological polar surface area (TPSA) is 112 Å². The maximum atomic E-state index is 11.5. The molecule has 0 bridgehead atoms. The number of nitrogens with zero attached hydrogens (tertiary/aromatic N) is 2. The van der Waals surface area contributed by atoms with Crippen molar-refractivity contribution in [2.24, 2.45) is 10.2 Å². The van der Waals surface area contributed by atoms with E-state index in [0.29, 0.717) is 5.69 Å². The summed E-state index contributed by atoms with van der Waals surface area (Å²) in [6.45, 7) is 1.27. The molecule has 0 fully saturated rings. The molecule has 0 amide bonds. The summed E-state index contributed by atoms with van der Waals surface area (Å²) < 4.78 is 4.72. The fourth-order valence-electron chi connectivity index (χ4n) is 1.63. The van der Waals surface area contributed by atoms with Crippen LogP contribution in [-0.4, -0.2) is 40.1 Å². The number of ether oxygens (including phenoxy) is 1. The molecule has 0 saturated heterocycles. The van der Waals surface area contributed by atoms with E-state index >= 15 is 0 Å². The van der Waals surface area contributed by atoms with Crippen molar-refractivity contribution in [3.63, 3.8) is 0 Å². The number of esters is 1. The Labute approximate surface area is 114 Å². The highest BCUT2D eigenvalue weighted by atomic mass is 16.6. The van der Waals surface area contributed by atoms with E-state index in [-0.39, 0.29) is 5.70 Å². The molecule has 1 aliphatic heterocycles. The second kappa shape index (κ2) is 5.81. The third-order valence-corrected chi connectivity index (χ3v) is 2.78. The van der Waals surface area contributed by atoms with Gasteiger partial charge < -0.3 is 20.1 Å². The van der Waals surface area contributed by atoms with Crippen LogP contribution in [0.5, 0.6) is 0 Å². The molecule has 1 heterocycles. The predicted molar refractivity (Wildman–Crippen MR) is 68.3 cm³/mol. The minimum absolute atomic E-state index is 0.372. The summed E-state index contributed by atoms with van der Waals surface area (Å²) in [7, 11) is 0.